The van der Waals surface area contributed by atoms with Crippen LogP contribution < -0.4 is 10.6 Å². The Morgan fingerprint density at radius 3 is 1.13 bits per heavy atom. The summed E-state index contributed by atoms with van der Waals surface area (Å²) in [5.74, 6) is -0.443. The van der Waals surface area contributed by atoms with Gasteiger partial charge in [-0.15, -0.1) is 20.4 Å². The molecule has 0 radical (unpaired) electrons. The highest BCUT2D eigenvalue weighted by molar-refractivity contribution is 5.80. The van der Waals surface area contributed by atoms with E-state index in [4.69, 9.17) is 61.9 Å². The van der Waals surface area contributed by atoms with Gasteiger partial charge in [0, 0.05) is 31.5 Å². The molecular formula is C41H68N6O16. The minimum absolute atomic E-state index is 0.0416. The lowest BCUT2D eigenvalue weighted by molar-refractivity contribution is -0.138. The van der Waals surface area contributed by atoms with Crippen molar-refractivity contribution < 1.29 is 76.3 Å². The van der Waals surface area contributed by atoms with Crippen LogP contribution in [-0.2, 0) is 77.8 Å². The highest BCUT2D eigenvalue weighted by atomic mass is 16.6. The number of amides is 2. The molecule has 1 aromatic carbocycles. The van der Waals surface area contributed by atoms with Gasteiger partial charge in [0.25, 0.3) is 0 Å². The van der Waals surface area contributed by atoms with Crippen LogP contribution in [0.1, 0.15) is 30.7 Å². The molecule has 3 N–H and O–H groups in total. The van der Waals surface area contributed by atoms with E-state index >= 15 is 0 Å². The first-order valence-electron chi connectivity index (χ1n) is 21.3. The summed E-state index contributed by atoms with van der Waals surface area (Å²) in [7, 11) is 0. The zero-order chi connectivity index (χ0) is 45.1. The molecule has 0 fully saturated rings. The number of nitrogens with zero attached hydrogens (tertiary/aromatic N) is 4. The fourth-order valence-corrected chi connectivity index (χ4v) is 4.71. The van der Waals surface area contributed by atoms with Gasteiger partial charge in [0.2, 0.25) is 17.6 Å². The fourth-order valence-electron chi connectivity index (χ4n) is 4.71. The van der Waals surface area contributed by atoms with Crippen LogP contribution in [0.3, 0.4) is 0 Å². The highest BCUT2D eigenvalue weighted by Crippen LogP contribution is 2.14. The molecule has 0 saturated carbocycles. The van der Waals surface area contributed by atoms with Crippen molar-refractivity contribution in [2.24, 2.45) is 0 Å². The normalized spacial score (nSPS) is 11.3. The average Bonchev–Trinajstić information content (AvgIpc) is 3.28. The molecule has 0 spiro atoms. The molecule has 1 heterocycles. The predicted octanol–water partition coefficient (Wildman–Crippen LogP) is 0.429. The fraction of sp³-hybridized carbons (Fsp3) is 0.732. The van der Waals surface area contributed by atoms with Crippen molar-refractivity contribution in [1.82, 2.24) is 31.0 Å². The van der Waals surface area contributed by atoms with Crippen LogP contribution in [0.5, 0.6) is 0 Å². The number of nitrogens with one attached hydrogen (secondary N) is 2. The van der Waals surface area contributed by atoms with Crippen molar-refractivity contribution >= 4 is 17.8 Å². The smallest absolute Gasteiger partial charge is 0.303 e. The number of ether oxygens (including phenoxy) is 12. The maximum absolute atomic E-state index is 12.1. The first-order chi connectivity index (χ1) is 30.9. The Labute approximate surface area is 369 Å². The van der Waals surface area contributed by atoms with Crippen LogP contribution >= 0.6 is 0 Å². The molecule has 63 heavy (non-hydrogen) atoms. The maximum Gasteiger partial charge on any atom is 0.303 e. The van der Waals surface area contributed by atoms with Crippen LogP contribution in [0.2, 0.25) is 0 Å². The van der Waals surface area contributed by atoms with Crippen molar-refractivity contribution in [2.75, 3.05) is 165 Å². The van der Waals surface area contributed by atoms with Crippen LogP contribution in [0.25, 0.3) is 11.4 Å². The number of hydrogen-bond donors (Lipinski definition) is 3. The summed E-state index contributed by atoms with van der Waals surface area (Å²) in [5, 5.41) is 29.9. The van der Waals surface area contributed by atoms with Crippen molar-refractivity contribution in [2.45, 2.75) is 32.7 Å². The molecule has 2 amide bonds. The first-order valence-corrected chi connectivity index (χ1v) is 21.3. The molecule has 22 heteroatoms. The van der Waals surface area contributed by atoms with E-state index in [1.807, 2.05) is 24.3 Å². The third-order valence-corrected chi connectivity index (χ3v) is 7.98. The molecule has 0 unspecified atom stereocenters. The summed E-state index contributed by atoms with van der Waals surface area (Å²) in [6.45, 7) is 12.9. The number of aromatic nitrogens is 4. The van der Waals surface area contributed by atoms with E-state index < -0.39 is 5.97 Å². The number of carboxylic acids is 1. The van der Waals surface area contributed by atoms with Crippen molar-refractivity contribution in [3.05, 3.63) is 35.7 Å². The molecule has 2 rings (SSSR count). The van der Waals surface area contributed by atoms with Gasteiger partial charge < -0.3 is 72.6 Å². The van der Waals surface area contributed by atoms with Gasteiger partial charge in [-0.25, -0.2) is 0 Å². The molecule has 2 aromatic rings. The second-order valence-corrected chi connectivity index (χ2v) is 13.1. The second kappa shape index (κ2) is 40.8. The molecule has 0 aliphatic heterocycles. The van der Waals surface area contributed by atoms with Crippen molar-refractivity contribution in [3.63, 3.8) is 0 Å². The van der Waals surface area contributed by atoms with E-state index in [2.05, 4.69) is 31.0 Å². The van der Waals surface area contributed by atoms with Crippen molar-refractivity contribution in [1.29, 1.82) is 0 Å². The minimum Gasteiger partial charge on any atom is -0.481 e. The Morgan fingerprint density at radius 1 is 0.429 bits per heavy atom. The molecule has 358 valence electrons. The monoisotopic (exact) mass is 900 g/mol. The lowest BCUT2D eigenvalue weighted by Gasteiger charge is -2.09. The Kier molecular flexibility index (Phi) is 35.8. The molecule has 0 aliphatic carbocycles. The van der Waals surface area contributed by atoms with E-state index in [1.165, 1.54) is 0 Å². The molecule has 0 aliphatic rings. The zero-order valence-corrected chi connectivity index (χ0v) is 36.7. The van der Waals surface area contributed by atoms with E-state index in [9.17, 15) is 14.4 Å². The van der Waals surface area contributed by atoms with E-state index in [0.29, 0.717) is 183 Å². The van der Waals surface area contributed by atoms with Crippen molar-refractivity contribution in [3.8, 4) is 11.4 Å². The summed E-state index contributed by atoms with van der Waals surface area (Å²) in [5.41, 5.74) is 1.76. The first kappa shape index (κ1) is 55.2. The summed E-state index contributed by atoms with van der Waals surface area (Å²) < 4.78 is 65.6. The van der Waals surface area contributed by atoms with Gasteiger partial charge in [-0.3, -0.25) is 14.4 Å². The van der Waals surface area contributed by atoms with E-state index in [-0.39, 0.29) is 31.1 Å². The standard InChI is InChI=1S/C41H68N6O16/c1-35-44-46-41(47-45-35)37-4-2-36(3-5-37)34-43-39(49)8-10-52-12-14-54-16-18-56-20-22-58-24-26-60-28-30-62-32-33-63-31-29-61-27-25-59-23-21-57-19-17-55-15-13-53-11-9-42-38(48)6-7-40(50)51/h2-5H,6-34H2,1H3,(H,42,48)(H,43,49)(H,50,51). The minimum atomic E-state index is -1.00. The number of rotatable bonds is 45. The lowest BCUT2D eigenvalue weighted by Crippen LogP contribution is -2.27. The van der Waals surface area contributed by atoms with Gasteiger partial charge in [-0.1, -0.05) is 24.3 Å². The summed E-state index contributed by atoms with van der Waals surface area (Å²) in [6, 6.07) is 7.53. The predicted molar refractivity (Wildman–Crippen MR) is 224 cm³/mol. The van der Waals surface area contributed by atoms with E-state index in [0.717, 1.165) is 11.1 Å². The van der Waals surface area contributed by atoms with Crippen LogP contribution in [-0.4, -0.2) is 208 Å². The quantitative estimate of drug-likeness (QED) is 0.0762. The number of aryl methyl sites for hydroxylation is 1. The van der Waals surface area contributed by atoms with Gasteiger partial charge in [0.05, 0.1) is 165 Å². The van der Waals surface area contributed by atoms with Gasteiger partial charge in [0.15, 0.2) is 5.82 Å². The highest BCUT2D eigenvalue weighted by Gasteiger charge is 2.06. The van der Waals surface area contributed by atoms with Gasteiger partial charge in [-0.2, -0.15) is 0 Å². The van der Waals surface area contributed by atoms with E-state index in [1.54, 1.807) is 6.92 Å². The van der Waals surface area contributed by atoms with Crippen LogP contribution in [0.4, 0.5) is 0 Å². The number of aliphatic carboxylic acids is 1. The Bertz CT molecular complexity index is 1400. The maximum atomic E-state index is 12.1. The number of carbonyl (C=O) groups excluding carboxylic acids is 2. The third kappa shape index (κ3) is 35.2. The van der Waals surface area contributed by atoms with Gasteiger partial charge in [0.1, 0.15) is 0 Å². The SMILES string of the molecule is Cc1nnc(-c2ccc(CNC(=O)CCOCCOCCOCCOCCOCCOCCOCCOCCOCCOCCOCCOCCNC(=O)CCC(=O)O)cc2)nn1. The lowest BCUT2D eigenvalue weighted by atomic mass is 10.1. The molecule has 22 nitrogen and oxygen atoms in total. The Morgan fingerprint density at radius 2 is 0.762 bits per heavy atom. The summed E-state index contributed by atoms with van der Waals surface area (Å²) in [6.07, 6.45) is 0.0320. The third-order valence-electron chi connectivity index (χ3n) is 7.98. The topological polar surface area (TPSA) is 258 Å². The molecule has 0 atom stereocenters. The largest absolute Gasteiger partial charge is 0.481 e. The van der Waals surface area contributed by atoms with Crippen LogP contribution in [0, 0.1) is 6.92 Å². The van der Waals surface area contributed by atoms with Crippen LogP contribution in [0.15, 0.2) is 24.3 Å². The number of benzene rings is 1. The zero-order valence-electron chi connectivity index (χ0n) is 36.7. The summed E-state index contributed by atoms with van der Waals surface area (Å²) in [4.78, 5) is 33.9. The summed E-state index contributed by atoms with van der Waals surface area (Å²) >= 11 is 0. The number of carbonyl (C=O) groups is 3. The average molecular weight is 901 g/mol. The Hall–Kier alpha value is -3.91. The molecule has 0 bridgehead atoms. The molecular weight excluding hydrogens is 832 g/mol. The number of hydrogen-bond acceptors (Lipinski definition) is 19. The Balaban J connectivity index is 1.17. The molecule has 0 saturated heterocycles. The van der Waals surface area contributed by atoms with Gasteiger partial charge in [-0.05, 0) is 12.5 Å². The second-order valence-electron chi connectivity index (χ2n) is 13.1. The number of carboxylic acid groups (broad SMARTS) is 1. The van der Waals surface area contributed by atoms with Gasteiger partial charge >= 0.3 is 5.97 Å². The molecule has 1 aromatic heterocycles.